The Labute approximate surface area is 159 Å². The van der Waals surface area contributed by atoms with Crippen molar-refractivity contribution < 1.29 is 9.59 Å². The van der Waals surface area contributed by atoms with Crippen molar-refractivity contribution >= 4 is 11.8 Å². The number of amides is 2. The van der Waals surface area contributed by atoms with Crippen LogP contribution < -0.4 is 5.32 Å². The molecular formula is C20H27N5O2. The molecule has 0 spiro atoms. The molecule has 1 fully saturated rings. The van der Waals surface area contributed by atoms with Crippen LogP contribution in [-0.4, -0.2) is 49.9 Å². The molecule has 3 rings (SSSR count). The van der Waals surface area contributed by atoms with Crippen LogP contribution in [0.15, 0.2) is 37.1 Å². The van der Waals surface area contributed by atoms with E-state index in [1.807, 2.05) is 18.7 Å². The number of hydrogen-bond donors (Lipinski definition) is 1. The Morgan fingerprint density at radius 2 is 1.93 bits per heavy atom. The van der Waals surface area contributed by atoms with Crippen molar-refractivity contribution in [1.82, 2.24) is 24.8 Å². The molecule has 2 aromatic heterocycles. The quantitative estimate of drug-likeness (QED) is 0.849. The first-order valence-electron chi connectivity index (χ1n) is 9.66. The summed E-state index contributed by atoms with van der Waals surface area (Å²) < 4.78 is 1.74. The van der Waals surface area contributed by atoms with Crippen LogP contribution in [0, 0.1) is 0 Å². The van der Waals surface area contributed by atoms with Crippen LogP contribution in [0.5, 0.6) is 0 Å². The highest BCUT2D eigenvalue weighted by molar-refractivity contribution is 5.99. The fraction of sp³-hybridized carbons (Fsp3) is 0.500. The first-order chi connectivity index (χ1) is 13.1. The van der Waals surface area contributed by atoms with E-state index in [0.29, 0.717) is 37.3 Å². The molecule has 0 bridgehead atoms. The van der Waals surface area contributed by atoms with Crippen LogP contribution in [0.3, 0.4) is 0 Å². The van der Waals surface area contributed by atoms with Crippen molar-refractivity contribution in [3.05, 3.63) is 42.6 Å². The van der Waals surface area contributed by atoms with E-state index in [0.717, 1.165) is 19.3 Å². The molecule has 7 heteroatoms. The minimum atomic E-state index is -0.806. The Hall–Kier alpha value is -2.70. The minimum absolute atomic E-state index is 0.0319. The summed E-state index contributed by atoms with van der Waals surface area (Å²) in [4.78, 5) is 36.3. The first-order valence-corrected chi connectivity index (χ1v) is 9.66. The maximum atomic E-state index is 13.2. The third-order valence-corrected chi connectivity index (χ3v) is 5.30. The summed E-state index contributed by atoms with van der Waals surface area (Å²) in [6, 6.07) is 3.39. The molecule has 144 valence electrons. The number of rotatable bonds is 6. The number of pyridine rings is 1. The normalized spacial score (nSPS) is 15.9. The predicted molar refractivity (Wildman–Crippen MR) is 103 cm³/mol. The summed E-state index contributed by atoms with van der Waals surface area (Å²) in [6.07, 6.45) is 11.0. The number of nitrogens with one attached hydrogen (secondary N) is 1. The zero-order valence-corrected chi connectivity index (χ0v) is 16.0. The van der Waals surface area contributed by atoms with Gasteiger partial charge in [-0.25, -0.2) is 9.97 Å². The maximum Gasteiger partial charge on any atom is 0.252 e. The standard InChI is InChI=1S/C20H27N5O2/c1-3-24(4-2)19(27)20(9-6-5-7-10-20)23-18(26)16-8-11-22-17(14-16)25-13-12-21-15-25/h8,11-15H,3-7,9-10H2,1-2H3,(H,23,26). The van der Waals surface area contributed by atoms with Crippen molar-refractivity contribution in [2.24, 2.45) is 0 Å². The fourth-order valence-electron chi connectivity index (χ4n) is 3.75. The van der Waals surface area contributed by atoms with Gasteiger partial charge in [0.15, 0.2) is 0 Å². The second kappa shape index (κ2) is 8.33. The van der Waals surface area contributed by atoms with E-state index in [-0.39, 0.29) is 11.8 Å². The highest BCUT2D eigenvalue weighted by Gasteiger charge is 2.42. The summed E-state index contributed by atoms with van der Waals surface area (Å²) in [5.41, 5.74) is -0.314. The van der Waals surface area contributed by atoms with Crippen LogP contribution in [0.4, 0.5) is 0 Å². The molecule has 0 atom stereocenters. The summed E-state index contributed by atoms with van der Waals surface area (Å²) in [6.45, 7) is 5.24. The summed E-state index contributed by atoms with van der Waals surface area (Å²) >= 11 is 0. The van der Waals surface area contributed by atoms with Gasteiger partial charge in [-0.2, -0.15) is 0 Å². The molecule has 27 heavy (non-hydrogen) atoms. The molecule has 2 amide bonds. The van der Waals surface area contributed by atoms with Gasteiger partial charge in [0.1, 0.15) is 17.7 Å². The number of aromatic nitrogens is 3. The lowest BCUT2D eigenvalue weighted by Crippen LogP contribution is -2.60. The third-order valence-electron chi connectivity index (χ3n) is 5.30. The Balaban J connectivity index is 1.85. The van der Waals surface area contributed by atoms with E-state index < -0.39 is 5.54 Å². The van der Waals surface area contributed by atoms with Crippen LogP contribution in [0.1, 0.15) is 56.3 Å². The Morgan fingerprint density at radius 3 is 2.56 bits per heavy atom. The molecule has 0 radical (unpaired) electrons. The molecule has 0 aliphatic heterocycles. The zero-order valence-electron chi connectivity index (χ0n) is 16.0. The molecule has 1 saturated carbocycles. The van der Waals surface area contributed by atoms with Crippen molar-refractivity contribution in [2.45, 2.75) is 51.5 Å². The average Bonchev–Trinajstić information content (AvgIpc) is 3.24. The zero-order chi connectivity index (χ0) is 19.3. The van der Waals surface area contributed by atoms with Crippen molar-refractivity contribution in [3.63, 3.8) is 0 Å². The van der Waals surface area contributed by atoms with E-state index >= 15 is 0 Å². The van der Waals surface area contributed by atoms with Gasteiger partial charge in [-0.1, -0.05) is 19.3 Å². The number of carbonyl (C=O) groups excluding carboxylic acids is 2. The second-order valence-corrected chi connectivity index (χ2v) is 6.95. The SMILES string of the molecule is CCN(CC)C(=O)C1(NC(=O)c2ccnc(-n3ccnc3)c2)CCCCC1. The molecular weight excluding hydrogens is 342 g/mol. The van der Waals surface area contributed by atoms with E-state index in [4.69, 9.17) is 0 Å². The Kier molecular flexibility index (Phi) is 5.88. The number of hydrogen-bond acceptors (Lipinski definition) is 4. The average molecular weight is 369 g/mol. The number of imidazole rings is 1. The van der Waals surface area contributed by atoms with Gasteiger partial charge >= 0.3 is 0 Å². The summed E-state index contributed by atoms with van der Waals surface area (Å²) in [5, 5.41) is 3.09. The third kappa shape index (κ3) is 4.02. The van der Waals surface area contributed by atoms with Crippen LogP contribution >= 0.6 is 0 Å². The van der Waals surface area contributed by atoms with Crippen molar-refractivity contribution in [2.75, 3.05) is 13.1 Å². The predicted octanol–water partition coefficient (Wildman–Crippen LogP) is 2.57. The lowest BCUT2D eigenvalue weighted by atomic mass is 9.80. The molecule has 0 saturated heterocycles. The highest BCUT2D eigenvalue weighted by Crippen LogP contribution is 2.30. The number of likely N-dealkylation sites (N-methyl/N-ethyl adjacent to an activating group) is 1. The van der Waals surface area contributed by atoms with E-state index in [2.05, 4.69) is 15.3 Å². The molecule has 2 aromatic rings. The lowest BCUT2D eigenvalue weighted by Gasteiger charge is -2.40. The van der Waals surface area contributed by atoms with Gasteiger partial charge in [0.05, 0.1) is 0 Å². The molecule has 2 heterocycles. The maximum absolute atomic E-state index is 13.2. The van der Waals surface area contributed by atoms with Crippen LogP contribution in [0.25, 0.3) is 5.82 Å². The van der Waals surface area contributed by atoms with Gasteiger partial charge in [0.2, 0.25) is 5.91 Å². The van der Waals surface area contributed by atoms with Crippen molar-refractivity contribution in [3.8, 4) is 5.82 Å². The fourth-order valence-corrected chi connectivity index (χ4v) is 3.75. The monoisotopic (exact) mass is 369 g/mol. The summed E-state index contributed by atoms with van der Waals surface area (Å²) in [5.74, 6) is 0.415. The molecule has 0 unspecified atom stereocenters. The van der Waals surface area contributed by atoms with Gasteiger partial charge in [-0.3, -0.25) is 14.2 Å². The molecule has 1 aliphatic carbocycles. The van der Waals surface area contributed by atoms with E-state index in [9.17, 15) is 9.59 Å². The molecule has 1 aliphatic rings. The van der Waals surface area contributed by atoms with Crippen LogP contribution in [0.2, 0.25) is 0 Å². The van der Waals surface area contributed by atoms with Gasteiger partial charge < -0.3 is 10.2 Å². The highest BCUT2D eigenvalue weighted by atomic mass is 16.2. The smallest absolute Gasteiger partial charge is 0.252 e. The van der Waals surface area contributed by atoms with Crippen molar-refractivity contribution in [1.29, 1.82) is 0 Å². The van der Waals surface area contributed by atoms with E-state index in [1.54, 1.807) is 41.6 Å². The molecule has 7 nitrogen and oxygen atoms in total. The first kappa shape index (κ1) is 19.1. The molecule has 1 N–H and O–H groups in total. The minimum Gasteiger partial charge on any atom is -0.341 e. The topological polar surface area (TPSA) is 80.1 Å². The Morgan fingerprint density at radius 1 is 1.19 bits per heavy atom. The lowest BCUT2D eigenvalue weighted by molar-refractivity contribution is -0.139. The van der Waals surface area contributed by atoms with Gasteiger partial charge in [-0.15, -0.1) is 0 Å². The number of carbonyl (C=O) groups is 2. The van der Waals surface area contributed by atoms with Crippen LogP contribution in [-0.2, 0) is 4.79 Å². The van der Waals surface area contributed by atoms with Gasteiger partial charge in [0, 0.05) is 37.2 Å². The number of nitrogens with zero attached hydrogens (tertiary/aromatic N) is 4. The summed E-state index contributed by atoms with van der Waals surface area (Å²) in [7, 11) is 0. The van der Waals surface area contributed by atoms with Gasteiger partial charge in [-0.05, 0) is 38.8 Å². The largest absolute Gasteiger partial charge is 0.341 e. The Bertz CT molecular complexity index is 777. The second-order valence-electron chi connectivity index (χ2n) is 6.95. The molecule has 0 aromatic carbocycles. The van der Waals surface area contributed by atoms with Gasteiger partial charge in [0.25, 0.3) is 5.91 Å². The van der Waals surface area contributed by atoms with E-state index in [1.165, 1.54) is 0 Å².